The maximum atomic E-state index is 13.4. The summed E-state index contributed by atoms with van der Waals surface area (Å²) in [7, 11) is 0. The third-order valence-corrected chi connectivity index (χ3v) is 5.06. The number of carbonyl (C=O) groups excluding carboxylic acids is 2. The second-order valence-electron chi connectivity index (χ2n) is 5.87. The van der Waals surface area contributed by atoms with Crippen LogP contribution in [0.5, 0.6) is 0 Å². The van der Waals surface area contributed by atoms with Gasteiger partial charge in [-0.1, -0.05) is 12.1 Å². The zero-order valence-corrected chi connectivity index (χ0v) is 13.1. The number of carbonyl (C=O) groups is 2. The van der Waals surface area contributed by atoms with E-state index >= 15 is 0 Å². The molecule has 0 bridgehead atoms. The Morgan fingerprint density at radius 1 is 1.36 bits per heavy atom. The highest BCUT2D eigenvalue weighted by Crippen LogP contribution is 2.32. The first-order chi connectivity index (χ1) is 10.6. The molecular formula is C16H19FN2O2S. The molecule has 3 rings (SSSR count). The fourth-order valence-corrected chi connectivity index (χ4v) is 3.47. The van der Waals surface area contributed by atoms with Gasteiger partial charge in [-0.2, -0.15) is 0 Å². The highest BCUT2D eigenvalue weighted by atomic mass is 32.2. The molecule has 1 aliphatic carbocycles. The summed E-state index contributed by atoms with van der Waals surface area (Å²) in [6.45, 7) is 1.27. The maximum Gasteiger partial charge on any atom is 0.230 e. The number of hydrogen-bond acceptors (Lipinski definition) is 3. The van der Waals surface area contributed by atoms with Crippen LogP contribution >= 0.6 is 11.8 Å². The molecule has 6 heteroatoms. The van der Waals surface area contributed by atoms with E-state index in [9.17, 15) is 14.0 Å². The summed E-state index contributed by atoms with van der Waals surface area (Å²) in [6, 6.07) is 6.87. The Morgan fingerprint density at radius 3 is 2.86 bits per heavy atom. The summed E-state index contributed by atoms with van der Waals surface area (Å²) in [5.74, 6) is 0.179. The lowest BCUT2D eigenvalue weighted by molar-refractivity contribution is -0.128. The van der Waals surface area contributed by atoms with Crippen LogP contribution in [0.15, 0.2) is 29.2 Å². The van der Waals surface area contributed by atoms with E-state index in [1.807, 2.05) is 4.90 Å². The van der Waals surface area contributed by atoms with Crippen LogP contribution in [-0.4, -0.2) is 41.6 Å². The zero-order valence-electron chi connectivity index (χ0n) is 12.3. The minimum atomic E-state index is -0.304. The van der Waals surface area contributed by atoms with Gasteiger partial charge in [-0.05, 0) is 25.0 Å². The third kappa shape index (κ3) is 3.80. The summed E-state index contributed by atoms with van der Waals surface area (Å²) in [5.41, 5.74) is 0. The maximum absolute atomic E-state index is 13.4. The molecule has 1 aromatic carbocycles. The average Bonchev–Trinajstić information content (AvgIpc) is 3.28. The van der Waals surface area contributed by atoms with Crippen LogP contribution in [0.25, 0.3) is 0 Å². The number of nitrogens with one attached hydrogen (secondary N) is 1. The minimum absolute atomic E-state index is 0.120. The Kier molecular flexibility index (Phi) is 4.66. The van der Waals surface area contributed by atoms with Crippen LogP contribution in [0.1, 0.15) is 19.3 Å². The second-order valence-corrected chi connectivity index (χ2v) is 6.89. The topological polar surface area (TPSA) is 49.4 Å². The first-order valence-electron chi connectivity index (χ1n) is 7.57. The molecule has 0 radical (unpaired) electrons. The molecule has 1 atom stereocenters. The van der Waals surface area contributed by atoms with E-state index in [1.54, 1.807) is 18.2 Å². The number of likely N-dealkylation sites (tertiary alicyclic amines) is 1. The third-order valence-electron chi connectivity index (χ3n) is 4.01. The summed E-state index contributed by atoms with van der Waals surface area (Å²) >= 11 is 1.19. The van der Waals surface area contributed by atoms with Crippen LogP contribution in [0.2, 0.25) is 0 Å². The lowest BCUT2D eigenvalue weighted by Crippen LogP contribution is -2.32. The van der Waals surface area contributed by atoms with E-state index in [0.29, 0.717) is 23.9 Å². The average molecular weight is 322 g/mol. The van der Waals surface area contributed by atoms with Gasteiger partial charge in [0, 0.05) is 36.4 Å². The van der Waals surface area contributed by atoms with E-state index in [-0.39, 0.29) is 29.3 Å². The number of halogens is 1. The molecule has 118 valence electrons. The van der Waals surface area contributed by atoms with Crippen molar-refractivity contribution >= 4 is 23.6 Å². The van der Waals surface area contributed by atoms with Crippen molar-refractivity contribution in [3.8, 4) is 0 Å². The Balaban J connectivity index is 1.39. The SMILES string of the molecule is O=C(CSc1ccccc1F)NCC1CC(=O)N(C2CC2)C1. The smallest absolute Gasteiger partial charge is 0.230 e. The van der Waals surface area contributed by atoms with Crippen molar-refractivity contribution in [2.75, 3.05) is 18.8 Å². The molecule has 2 aliphatic rings. The fraction of sp³-hybridized carbons (Fsp3) is 0.500. The molecule has 1 N–H and O–H groups in total. The summed E-state index contributed by atoms with van der Waals surface area (Å²) in [4.78, 5) is 26.1. The van der Waals surface area contributed by atoms with Crippen molar-refractivity contribution in [3.05, 3.63) is 30.1 Å². The molecule has 0 spiro atoms. The van der Waals surface area contributed by atoms with Gasteiger partial charge in [-0.3, -0.25) is 9.59 Å². The highest BCUT2D eigenvalue weighted by molar-refractivity contribution is 8.00. The van der Waals surface area contributed by atoms with Crippen LogP contribution in [0, 0.1) is 11.7 Å². The highest BCUT2D eigenvalue weighted by Gasteiger charge is 2.39. The molecule has 0 aromatic heterocycles. The molecule has 1 aliphatic heterocycles. The van der Waals surface area contributed by atoms with Crippen LogP contribution in [0.3, 0.4) is 0 Å². The largest absolute Gasteiger partial charge is 0.355 e. The van der Waals surface area contributed by atoms with E-state index in [4.69, 9.17) is 0 Å². The van der Waals surface area contributed by atoms with Gasteiger partial charge in [-0.25, -0.2) is 4.39 Å². The second kappa shape index (κ2) is 6.69. The van der Waals surface area contributed by atoms with Gasteiger partial charge >= 0.3 is 0 Å². The first kappa shape index (κ1) is 15.3. The molecule has 2 fully saturated rings. The molecule has 22 heavy (non-hydrogen) atoms. The van der Waals surface area contributed by atoms with E-state index < -0.39 is 0 Å². The normalized spacial score (nSPS) is 21.2. The van der Waals surface area contributed by atoms with Crippen LogP contribution < -0.4 is 5.32 Å². The van der Waals surface area contributed by atoms with Crippen molar-refractivity contribution in [2.24, 2.45) is 5.92 Å². The molecule has 1 unspecified atom stereocenters. The van der Waals surface area contributed by atoms with Gasteiger partial charge in [0.1, 0.15) is 5.82 Å². The van der Waals surface area contributed by atoms with Crippen molar-refractivity contribution < 1.29 is 14.0 Å². The fourth-order valence-electron chi connectivity index (χ4n) is 2.70. The lowest BCUT2D eigenvalue weighted by atomic mass is 10.1. The molecule has 1 heterocycles. The van der Waals surface area contributed by atoms with Crippen molar-refractivity contribution in [1.29, 1.82) is 0 Å². The molecule has 1 saturated carbocycles. The number of thioether (sulfide) groups is 1. The Labute approximate surface area is 133 Å². The molecular weight excluding hydrogens is 303 g/mol. The summed E-state index contributed by atoms with van der Waals surface area (Å²) in [6.07, 6.45) is 2.76. The van der Waals surface area contributed by atoms with Gasteiger partial charge in [0.2, 0.25) is 11.8 Å². The van der Waals surface area contributed by atoms with Crippen molar-refractivity contribution in [2.45, 2.75) is 30.2 Å². The molecule has 1 aromatic rings. The predicted molar refractivity (Wildman–Crippen MR) is 83.0 cm³/mol. The van der Waals surface area contributed by atoms with Gasteiger partial charge in [0.15, 0.2) is 0 Å². The van der Waals surface area contributed by atoms with Gasteiger partial charge in [0.05, 0.1) is 5.75 Å². The lowest BCUT2D eigenvalue weighted by Gasteiger charge is -2.15. The number of amides is 2. The number of benzene rings is 1. The quantitative estimate of drug-likeness (QED) is 0.816. The van der Waals surface area contributed by atoms with Crippen molar-refractivity contribution in [1.82, 2.24) is 10.2 Å². The number of hydrogen-bond donors (Lipinski definition) is 1. The van der Waals surface area contributed by atoms with Crippen LogP contribution in [-0.2, 0) is 9.59 Å². The number of nitrogens with zero attached hydrogens (tertiary/aromatic N) is 1. The predicted octanol–water partition coefficient (Wildman–Crippen LogP) is 2.04. The van der Waals surface area contributed by atoms with E-state index in [2.05, 4.69) is 5.32 Å². The summed E-state index contributed by atoms with van der Waals surface area (Å²) < 4.78 is 13.4. The van der Waals surface area contributed by atoms with E-state index in [1.165, 1.54) is 17.8 Å². The Bertz CT molecular complexity index is 577. The Morgan fingerprint density at radius 2 is 2.14 bits per heavy atom. The van der Waals surface area contributed by atoms with Gasteiger partial charge in [-0.15, -0.1) is 11.8 Å². The Hall–Kier alpha value is -1.56. The van der Waals surface area contributed by atoms with Gasteiger partial charge in [0.25, 0.3) is 0 Å². The first-order valence-corrected chi connectivity index (χ1v) is 8.55. The standard InChI is InChI=1S/C16H19FN2O2S/c17-13-3-1-2-4-14(13)22-10-15(20)18-8-11-7-16(21)19(9-11)12-5-6-12/h1-4,11-12H,5-10H2,(H,18,20). The molecule has 2 amide bonds. The van der Waals surface area contributed by atoms with Gasteiger partial charge < -0.3 is 10.2 Å². The zero-order chi connectivity index (χ0) is 15.5. The van der Waals surface area contributed by atoms with Crippen LogP contribution in [0.4, 0.5) is 4.39 Å². The summed E-state index contributed by atoms with van der Waals surface area (Å²) in [5, 5.41) is 2.85. The van der Waals surface area contributed by atoms with Crippen molar-refractivity contribution in [3.63, 3.8) is 0 Å². The number of rotatable bonds is 6. The molecule has 4 nitrogen and oxygen atoms in total. The molecule has 1 saturated heterocycles. The van der Waals surface area contributed by atoms with E-state index in [0.717, 1.165) is 19.4 Å². The monoisotopic (exact) mass is 322 g/mol. The minimum Gasteiger partial charge on any atom is -0.355 e.